The van der Waals surface area contributed by atoms with Crippen molar-refractivity contribution in [2.45, 2.75) is 37.8 Å². The fourth-order valence-corrected chi connectivity index (χ4v) is 4.42. The molecule has 0 radical (unpaired) electrons. The molecule has 2 aromatic carbocycles. The first-order valence-electron chi connectivity index (χ1n) is 12.8. The normalized spacial score (nSPS) is 16.8. The van der Waals surface area contributed by atoms with Gasteiger partial charge < -0.3 is 32.1 Å². The summed E-state index contributed by atoms with van der Waals surface area (Å²) in [7, 11) is 0. The van der Waals surface area contributed by atoms with Gasteiger partial charge in [-0.15, -0.1) is 0 Å². The molecule has 1 aliphatic heterocycles. The molecule has 0 saturated heterocycles. The average molecular weight is 594 g/mol. The summed E-state index contributed by atoms with van der Waals surface area (Å²) in [6, 6.07) is 17.0. The standard InChI is InChI=1S/C28H33BrN8O2/c1-18-24(15-19-7-3-2-4-8-19)36-27(23(30)11-12-25(38)39)32-14-6-13-31-26-22(29)17-33-28(37-26)35-21-10-5-9-20(16-21)34-18/h2-5,7-10,16-17,23-24,34H,1,6,11-15,30H2,(H,32,36)(H,38,39)(H2,31,33,35,37). The minimum absolute atomic E-state index is 0.0458. The van der Waals surface area contributed by atoms with Gasteiger partial charge in [0.1, 0.15) is 11.7 Å². The second-order valence-electron chi connectivity index (χ2n) is 9.22. The number of carboxylic acids is 1. The van der Waals surface area contributed by atoms with Crippen LogP contribution in [0.15, 0.2) is 82.5 Å². The Balaban J connectivity index is 1.66. The monoisotopic (exact) mass is 592 g/mol. The number of carboxylic acid groups (broad SMARTS) is 1. The molecule has 2 unspecified atom stereocenters. The van der Waals surface area contributed by atoms with E-state index < -0.39 is 12.0 Å². The number of nitrogens with one attached hydrogen (secondary N) is 4. The molecule has 0 saturated carbocycles. The van der Waals surface area contributed by atoms with E-state index in [-0.39, 0.29) is 18.9 Å². The highest BCUT2D eigenvalue weighted by atomic mass is 79.9. The minimum Gasteiger partial charge on any atom is -0.481 e. The summed E-state index contributed by atoms with van der Waals surface area (Å²) in [5, 5.41) is 22.7. The van der Waals surface area contributed by atoms with E-state index in [9.17, 15) is 9.90 Å². The van der Waals surface area contributed by atoms with Gasteiger partial charge in [0.05, 0.1) is 16.6 Å². The number of halogens is 1. The summed E-state index contributed by atoms with van der Waals surface area (Å²) in [6.45, 7) is 5.44. The second-order valence-corrected chi connectivity index (χ2v) is 10.1. The fourth-order valence-electron chi connectivity index (χ4n) is 4.09. The van der Waals surface area contributed by atoms with E-state index in [1.54, 1.807) is 6.20 Å². The largest absolute Gasteiger partial charge is 0.481 e. The van der Waals surface area contributed by atoms with E-state index >= 15 is 0 Å². The lowest BCUT2D eigenvalue weighted by molar-refractivity contribution is -0.137. The maximum atomic E-state index is 11.2. The summed E-state index contributed by atoms with van der Waals surface area (Å²) >= 11 is 3.50. The van der Waals surface area contributed by atoms with Crippen molar-refractivity contribution in [3.05, 3.63) is 83.1 Å². The molecule has 2 atom stereocenters. The van der Waals surface area contributed by atoms with E-state index in [0.29, 0.717) is 43.5 Å². The topological polar surface area (TPSA) is 150 Å². The van der Waals surface area contributed by atoms with Gasteiger partial charge in [0.25, 0.3) is 0 Å². The van der Waals surface area contributed by atoms with Crippen LogP contribution in [0.2, 0.25) is 0 Å². The molecule has 3 aromatic rings. The summed E-state index contributed by atoms with van der Waals surface area (Å²) in [5.41, 5.74) is 9.95. The number of rotatable bonds is 6. The highest BCUT2D eigenvalue weighted by Crippen LogP contribution is 2.24. The van der Waals surface area contributed by atoms with Gasteiger partial charge in [0.2, 0.25) is 5.95 Å². The van der Waals surface area contributed by atoms with Crippen LogP contribution in [-0.4, -0.2) is 52.1 Å². The average Bonchev–Trinajstić information content (AvgIpc) is 2.92. The van der Waals surface area contributed by atoms with Crippen LogP contribution in [-0.2, 0) is 11.2 Å². The van der Waals surface area contributed by atoms with Crippen LogP contribution in [0.25, 0.3) is 0 Å². The third kappa shape index (κ3) is 8.52. The SMILES string of the molecule is C=C1Nc2cccc(c2)Nc2ncc(Br)c(n2)NCCCN=C(C(N)CCC(=O)O)NC1Cc1ccccc1. The first-order valence-corrected chi connectivity index (χ1v) is 13.6. The van der Waals surface area contributed by atoms with Crippen LogP contribution in [0.4, 0.5) is 23.1 Å². The third-order valence-electron chi connectivity index (χ3n) is 6.12. The number of aliphatic carboxylic acids is 1. The predicted molar refractivity (Wildman–Crippen MR) is 160 cm³/mol. The Morgan fingerprint density at radius 2 is 1.92 bits per heavy atom. The zero-order valence-electron chi connectivity index (χ0n) is 21.5. The lowest BCUT2D eigenvalue weighted by atomic mass is 10.0. The Hall–Kier alpha value is -3.96. The number of aromatic nitrogens is 2. The molecule has 4 bridgehead atoms. The van der Waals surface area contributed by atoms with Crippen molar-refractivity contribution < 1.29 is 9.90 Å². The predicted octanol–water partition coefficient (Wildman–Crippen LogP) is 4.52. The van der Waals surface area contributed by atoms with Crippen molar-refractivity contribution in [1.82, 2.24) is 15.3 Å². The molecule has 0 amide bonds. The van der Waals surface area contributed by atoms with E-state index in [1.807, 2.05) is 42.5 Å². The Bertz CT molecular complexity index is 1320. The molecule has 4 rings (SSSR count). The zero-order chi connectivity index (χ0) is 27.6. The van der Waals surface area contributed by atoms with E-state index in [0.717, 1.165) is 27.1 Å². The molecule has 0 fully saturated rings. The number of amidine groups is 1. The van der Waals surface area contributed by atoms with Gasteiger partial charge >= 0.3 is 5.97 Å². The number of nitrogens with zero attached hydrogens (tertiary/aromatic N) is 3. The van der Waals surface area contributed by atoms with E-state index in [1.165, 1.54) is 0 Å². The van der Waals surface area contributed by atoms with Crippen molar-refractivity contribution >= 4 is 50.9 Å². The van der Waals surface area contributed by atoms with Crippen molar-refractivity contribution in [3.8, 4) is 0 Å². The van der Waals surface area contributed by atoms with Crippen LogP contribution in [0.3, 0.4) is 0 Å². The number of hydrogen-bond acceptors (Lipinski definition) is 9. The molecular weight excluding hydrogens is 560 g/mol. The molecule has 39 heavy (non-hydrogen) atoms. The Labute approximate surface area is 236 Å². The quantitative estimate of drug-likeness (QED) is 0.243. The second kappa shape index (κ2) is 13.7. The number of carbonyl (C=O) groups is 1. The first-order chi connectivity index (χ1) is 18.9. The van der Waals surface area contributed by atoms with Crippen LogP contribution in [0, 0.1) is 0 Å². The molecule has 204 valence electrons. The number of nitrogens with two attached hydrogens (primary N) is 1. The fraction of sp³-hybridized carbons (Fsp3) is 0.286. The summed E-state index contributed by atoms with van der Waals surface area (Å²) in [6.07, 6.45) is 3.26. The van der Waals surface area contributed by atoms with E-state index in [4.69, 9.17) is 10.7 Å². The molecular formula is C28H33BrN8O2. The van der Waals surface area contributed by atoms with Gasteiger partial charge in [-0.05, 0) is 59.0 Å². The van der Waals surface area contributed by atoms with Gasteiger partial charge in [0.15, 0.2) is 0 Å². The van der Waals surface area contributed by atoms with Crippen molar-refractivity contribution in [2.75, 3.05) is 29.0 Å². The lowest BCUT2D eigenvalue weighted by Gasteiger charge is -2.27. The van der Waals surface area contributed by atoms with Crippen molar-refractivity contribution in [1.29, 1.82) is 0 Å². The Morgan fingerprint density at radius 3 is 2.69 bits per heavy atom. The van der Waals surface area contributed by atoms with Crippen LogP contribution < -0.4 is 27.0 Å². The molecule has 0 spiro atoms. The van der Waals surface area contributed by atoms with Crippen LogP contribution in [0.5, 0.6) is 0 Å². The Morgan fingerprint density at radius 1 is 1.15 bits per heavy atom. The molecule has 10 nitrogen and oxygen atoms in total. The highest BCUT2D eigenvalue weighted by Gasteiger charge is 2.21. The van der Waals surface area contributed by atoms with Gasteiger partial charge in [-0.25, -0.2) is 4.98 Å². The zero-order valence-corrected chi connectivity index (χ0v) is 23.1. The van der Waals surface area contributed by atoms with Crippen molar-refractivity contribution in [2.24, 2.45) is 10.7 Å². The molecule has 0 aliphatic carbocycles. The maximum Gasteiger partial charge on any atom is 0.303 e. The molecule has 1 aliphatic rings. The first kappa shape index (κ1) is 28.1. The number of fused-ring (bicyclic) bond motifs is 4. The Kier molecular flexibility index (Phi) is 9.87. The lowest BCUT2D eigenvalue weighted by Crippen LogP contribution is -2.48. The third-order valence-corrected chi connectivity index (χ3v) is 6.70. The highest BCUT2D eigenvalue weighted by molar-refractivity contribution is 9.10. The number of aliphatic imine (C=N–C) groups is 1. The number of hydrogen-bond donors (Lipinski definition) is 6. The van der Waals surface area contributed by atoms with E-state index in [2.05, 4.69) is 65.9 Å². The smallest absolute Gasteiger partial charge is 0.303 e. The van der Waals surface area contributed by atoms with Crippen LogP contribution >= 0.6 is 15.9 Å². The maximum absolute atomic E-state index is 11.2. The van der Waals surface area contributed by atoms with Gasteiger partial charge in [-0.3, -0.25) is 9.79 Å². The molecule has 11 heteroatoms. The molecule has 1 aromatic heterocycles. The number of anilines is 4. The number of benzene rings is 2. The van der Waals surface area contributed by atoms with Gasteiger partial charge in [0, 0.05) is 42.8 Å². The summed E-state index contributed by atoms with van der Waals surface area (Å²) < 4.78 is 0.753. The van der Waals surface area contributed by atoms with Crippen molar-refractivity contribution in [3.63, 3.8) is 0 Å². The summed E-state index contributed by atoms with van der Waals surface area (Å²) in [4.78, 5) is 25.0. The van der Waals surface area contributed by atoms with Crippen LogP contribution in [0.1, 0.15) is 24.8 Å². The minimum atomic E-state index is -0.894. The summed E-state index contributed by atoms with van der Waals surface area (Å²) in [5.74, 6) is 0.803. The van der Waals surface area contributed by atoms with Gasteiger partial charge in [-0.2, -0.15) is 4.98 Å². The molecule has 7 N–H and O–H groups in total. The molecule has 2 heterocycles. The van der Waals surface area contributed by atoms with Gasteiger partial charge in [-0.1, -0.05) is 43.0 Å².